The molecule has 84 valence electrons. The number of hydrogen-bond acceptors (Lipinski definition) is 0. The Kier molecular flexibility index (Phi) is 15.6. The van der Waals surface area contributed by atoms with E-state index in [1.165, 1.54) is 31.3 Å². The molecular formula is C13H22Pt. The van der Waals surface area contributed by atoms with E-state index in [1.54, 1.807) is 0 Å². The molecule has 0 unspecified atom stereocenters. The minimum absolute atomic E-state index is 0. The topological polar surface area (TPSA) is 0 Å². The second-order valence-corrected chi connectivity index (χ2v) is 3.20. The van der Waals surface area contributed by atoms with Gasteiger partial charge < -0.3 is 13.8 Å². The zero-order valence-electron chi connectivity index (χ0n) is 9.21. The summed E-state index contributed by atoms with van der Waals surface area (Å²) in [6.07, 6.45) is 13.7. The van der Waals surface area contributed by atoms with Gasteiger partial charge in [0.25, 0.3) is 0 Å². The van der Waals surface area contributed by atoms with E-state index in [1.807, 2.05) is 6.92 Å². The van der Waals surface area contributed by atoms with Gasteiger partial charge in [-0.1, -0.05) is 25.2 Å². The van der Waals surface area contributed by atoms with E-state index >= 15 is 0 Å². The van der Waals surface area contributed by atoms with Gasteiger partial charge in [-0.25, -0.2) is 0 Å². The van der Waals surface area contributed by atoms with E-state index < -0.39 is 0 Å². The Hall–Kier alpha value is 0.168. The Balaban J connectivity index is 0. The Morgan fingerprint density at radius 2 is 1.71 bits per heavy atom. The molecule has 14 heavy (non-hydrogen) atoms. The smallest absolute Gasteiger partial charge is 0.344 e. The molecule has 0 aromatic rings. The zero-order chi connectivity index (χ0) is 9.94. The van der Waals surface area contributed by atoms with Crippen LogP contribution in [0.1, 0.15) is 45.4 Å². The fourth-order valence-corrected chi connectivity index (χ4v) is 1.22. The van der Waals surface area contributed by atoms with Crippen molar-refractivity contribution < 1.29 is 21.1 Å². The molecule has 0 spiro atoms. The monoisotopic (exact) mass is 373 g/mol. The van der Waals surface area contributed by atoms with Crippen molar-refractivity contribution in [3.05, 3.63) is 37.6 Å². The van der Waals surface area contributed by atoms with Gasteiger partial charge in [0.2, 0.25) is 0 Å². The van der Waals surface area contributed by atoms with Gasteiger partial charge in [0, 0.05) is 0 Å². The molecule has 0 saturated heterocycles. The van der Waals surface area contributed by atoms with Gasteiger partial charge >= 0.3 is 21.1 Å². The summed E-state index contributed by atoms with van der Waals surface area (Å²) >= 11 is 0. The number of hydrogen-bond donors (Lipinski definition) is 0. The fraction of sp³-hybridized carbons (Fsp3) is 0.538. The van der Waals surface area contributed by atoms with Crippen LogP contribution in [-0.4, -0.2) is 0 Å². The Labute approximate surface area is 104 Å². The summed E-state index contributed by atoms with van der Waals surface area (Å²) in [5.41, 5.74) is 1.53. The Morgan fingerprint density at radius 3 is 2.29 bits per heavy atom. The normalized spacial score (nSPS) is 21.2. The summed E-state index contributed by atoms with van der Waals surface area (Å²) in [6, 6.07) is 0. The maximum absolute atomic E-state index is 3.89. The molecule has 1 aliphatic carbocycles. The predicted octanol–water partition coefficient (Wildman–Crippen LogP) is 4.50. The number of rotatable bonds is 1. The van der Waals surface area contributed by atoms with Crippen molar-refractivity contribution in [1.82, 2.24) is 0 Å². The third-order valence-electron chi connectivity index (χ3n) is 1.89. The molecule has 0 fully saturated rings. The Bertz CT molecular complexity index is 157. The first-order valence-electron chi connectivity index (χ1n) is 5.26. The second kappa shape index (κ2) is 13.2. The van der Waals surface area contributed by atoms with E-state index in [9.17, 15) is 0 Å². The van der Waals surface area contributed by atoms with Gasteiger partial charge in [0.15, 0.2) is 0 Å². The third kappa shape index (κ3) is 10.3. The molecule has 1 rings (SSSR count). The van der Waals surface area contributed by atoms with E-state index in [-0.39, 0.29) is 21.1 Å². The van der Waals surface area contributed by atoms with Crippen LogP contribution in [0.15, 0.2) is 23.8 Å². The van der Waals surface area contributed by atoms with Crippen LogP contribution >= 0.6 is 0 Å². The van der Waals surface area contributed by atoms with Crippen LogP contribution in [0.2, 0.25) is 0 Å². The van der Waals surface area contributed by atoms with Crippen LogP contribution in [-0.2, 0) is 21.1 Å². The molecule has 1 heteroatoms. The standard InChI is InChI=1S/C10H15.C3H7.Pt/c1-2-10-8-6-4-3-5-7-9-10;1-3-2;/h3-4,9H,1-2,5-8H2;1,3H2,2H3;/q2*-1;+2/b4-3-,10-9-;;. The van der Waals surface area contributed by atoms with Crippen LogP contribution < -0.4 is 0 Å². The van der Waals surface area contributed by atoms with Crippen LogP contribution in [0.5, 0.6) is 0 Å². The van der Waals surface area contributed by atoms with E-state index in [4.69, 9.17) is 0 Å². The quantitative estimate of drug-likeness (QED) is 0.469. The van der Waals surface area contributed by atoms with Crippen molar-refractivity contribution >= 4 is 0 Å². The average molecular weight is 373 g/mol. The van der Waals surface area contributed by atoms with Crippen molar-refractivity contribution in [2.45, 2.75) is 45.4 Å². The van der Waals surface area contributed by atoms with Crippen LogP contribution in [0.4, 0.5) is 0 Å². The summed E-state index contributed by atoms with van der Waals surface area (Å²) in [6.45, 7) is 9.39. The third-order valence-corrected chi connectivity index (χ3v) is 1.89. The molecule has 0 aliphatic heterocycles. The predicted molar refractivity (Wildman–Crippen MR) is 61.3 cm³/mol. The van der Waals surface area contributed by atoms with Gasteiger partial charge in [0.1, 0.15) is 0 Å². The van der Waals surface area contributed by atoms with Gasteiger partial charge in [-0.2, -0.15) is 12.8 Å². The maximum atomic E-state index is 3.89. The minimum atomic E-state index is 0. The molecule has 0 N–H and O–H groups in total. The van der Waals surface area contributed by atoms with E-state index in [2.05, 4.69) is 32.1 Å². The minimum Gasteiger partial charge on any atom is -0.344 e. The van der Waals surface area contributed by atoms with Gasteiger partial charge in [0.05, 0.1) is 0 Å². The molecule has 0 aromatic carbocycles. The largest absolute Gasteiger partial charge is 2.00 e. The molecule has 0 saturated carbocycles. The molecule has 1 aliphatic rings. The van der Waals surface area contributed by atoms with Crippen LogP contribution in [0.25, 0.3) is 0 Å². The summed E-state index contributed by atoms with van der Waals surface area (Å²) in [5.74, 6) is 0. The SMILES string of the molecule is [CH2-]C/C1=C/CC/C=C\CC1.[CH2-]CC.[Pt+2]. The van der Waals surface area contributed by atoms with Crippen LogP contribution in [0.3, 0.4) is 0 Å². The molecule has 0 bridgehead atoms. The van der Waals surface area contributed by atoms with E-state index in [0.717, 1.165) is 12.8 Å². The molecule has 0 amide bonds. The van der Waals surface area contributed by atoms with Crippen molar-refractivity contribution in [2.24, 2.45) is 0 Å². The first kappa shape index (κ1) is 16.6. The molecular weight excluding hydrogens is 351 g/mol. The molecule has 0 nitrogen and oxygen atoms in total. The summed E-state index contributed by atoms with van der Waals surface area (Å²) in [5, 5.41) is 0. The molecule has 0 radical (unpaired) electrons. The average Bonchev–Trinajstić information content (AvgIpc) is 2.05. The molecule has 0 atom stereocenters. The van der Waals surface area contributed by atoms with Crippen molar-refractivity contribution in [1.29, 1.82) is 0 Å². The molecule has 0 heterocycles. The van der Waals surface area contributed by atoms with Crippen LogP contribution in [0, 0.1) is 13.8 Å². The maximum Gasteiger partial charge on any atom is 2.00 e. The first-order valence-corrected chi connectivity index (χ1v) is 5.26. The summed E-state index contributed by atoms with van der Waals surface area (Å²) in [7, 11) is 0. The van der Waals surface area contributed by atoms with Crippen molar-refractivity contribution in [3.63, 3.8) is 0 Å². The van der Waals surface area contributed by atoms with E-state index in [0.29, 0.717) is 0 Å². The summed E-state index contributed by atoms with van der Waals surface area (Å²) in [4.78, 5) is 0. The zero-order valence-corrected chi connectivity index (χ0v) is 11.5. The second-order valence-electron chi connectivity index (χ2n) is 3.20. The van der Waals surface area contributed by atoms with Gasteiger partial charge in [-0.05, 0) is 25.7 Å². The Morgan fingerprint density at radius 1 is 1.14 bits per heavy atom. The van der Waals surface area contributed by atoms with Gasteiger partial charge in [-0.15, -0.1) is 5.57 Å². The summed E-state index contributed by atoms with van der Waals surface area (Å²) < 4.78 is 0. The van der Waals surface area contributed by atoms with Gasteiger partial charge in [-0.3, -0.25) is 0 Å². The fourth-order valence-electron chi connectivity index (χ4n) is 1.22. The number of allylic oxidation sites excluding steroid dienone is 4. The van der Waals surface area contributed by atoms with Crippen molar-refractivity contribution in [2.75, 3.05) is 0 Å². The first-order chi connectivity index (χ1) is 6.35. The van der Waals surface area contributed by atoms with Crippen molar-refractivity contribution in [3.8, 4) is 0 Å². The molecule has 0 aromatic heterocycles.